The Hall–Kier alpha value is -4.73. The lowest BCUT2D eigenvalue weighted by Gasteiger charge is -2.10. The highest BCUT2D eigenvalue weighted by molar-refractivity contribution is 6.14. The average molecular weight is 441 g/mol. The Morgan fingerprint density at radius 1 is 1.18 bits per heavy atom. The summed E-state index contributed by atoms with van der Waals surface area (Å²) in [5.74, 6) is -0.479. The molecular formula is C23H19N7O3. The maximum absolute atomic E-state index is 13.4. The van der Waals surface area contributed by atoms with Crippen LogP contribution in [0.25, 0.3) is 22.3 Å². The topological polar surface area (TPSA) is 145 Å². The third-order valence-electron chi connectivity index (χ3n) is 5.23. The monoisotopic (exact) mass is 441 g/mol. The van der Waals surface area contributed by atoms with E-state index >= 15 is 0 Å². The highest BCUT2D eigenvalue weighted by atomic mass is 16.3. The van der Waals surface area contributed by atoms with Crippen molar-refractivity contribution in [1.29, 1.82) is 0 Å². The molecule has 4 heterocycles. The molecule has 2 amide bonds. The van der Waals surface area contributed by atoms with E-state index in [4.69, 9.17) is 15.1 Å². The van der Waals surface area contributed by atoms with E-state index in [0.29, 0.717) is 40.3 Å². The van der Waals surface area contributed by atoms with E-state index < -0.39 is 11.8 Å². The number of aromatic amines is 1. The van der Waals surface area contributed by atoms with Crippen molar-refractivity contribution in [3.8, 4) is 11.3 Å². The molecule has 5 aromatic rings. The van der Waals surface area contributed by atoms with Crippen LogP contribution in [0.2, 0.25) is 0 Å². The van der Waals surface area contributed by atoms with Gasteiger partial charge in [0.05, 0.1) is 40.5 Å². The second-order valence-corrected chi connectivity index (χ2v) is 7.43. The Bertz CT molecular complexity index is 1470. The molecule has 0 radical (unpaired) electrons. The van der Waals surface area contributed by atoms with Crippen LogP contribution in [0.4, 0.5) is 5.69 Å². The number of aromatic nitrogens is 5. The summed E-state index contributed by atoms with van der Waals surface area (Å²) in [6, 6.07) is 14.9. The van der Waals surface area contributed by atoms with Crippen LogP contribution in [0.3, 0.4) is 0 Å². The first-order valence-corrected chi connectivity index (χ1v) is 10.1. The maximum Gasteiger partial charge on any atom is 0.271 e. The van der Waals surface area contributed by atoms with E-state index in [1.54, 1.807) is 36.2 Å². The molecule has 1 aromatic carbocycles. The van der Waals surface area contributed by atoms with Crippen LogP contribution in [0.1, 0.15) is 32.3 Å². The molecule has 4 aromatic heterocycles. The Kier molecular flexibility index (Phi) is 4.94. The number of carbonyl (C=O) groups is 2. The van der Waals surface area contributed by atoms with Gasteiger partial charge in [-0.2, -0.15) is 10.2 Å². The van der Waals surface area contributed by atoms with Crippen LogP contribution in [0.5, 0.6) is 0 Å². The van der Waals surface area contributed by atoms with Gasteiger partial charge in [-0.3, -0.25) is 14.7 Å². The number of fused-ring (bicyclic) bond motifs is 1. The smallest absolute Gasteiger partial charge is 0.271 e. The van der Waals surface area contributed by atoms with E-state index in [1.807, 2.05) is 36.4 Å². The Morgan fingerprint density at radius 3 is 2.73 bits per heavy atom. The standard InChI is InChI=1S/C23H19N7O3/c1-13-19(20(21(24)31)29-28-13)27-23(32)16-10-18(14-6-3-2-4-7-14)26-22-17(16)11-25-30(22)12-15-8-5-9-33-15/h2-11H,12H2,1H3,(H2,24,31)(H,27,32)(H,28,29). The minimum Gasteiger partial charge on any atom is -0.467 e. The number of amides is 2. The molecule has 0 unspecified atom stereocenters. The molecule has 0 atom stereocenters. The number of primary amides is 1. The molecule has 0 aliphatic rings. The number of pyridine rings is 1. The second-order valence-electron chi connectivity index (χ2n) is 7.43. The van der Waals surface area contributed by atoms with E-state index in [-0.39, 0.29) is 11.4 Å². The van der Waals surface area contributed by atoms with Gasteiger partial charge >= 0.3 is 0 Å². The first-order chi connectivity index (χ1) is 16.0. The highest BCUT2D eigenvalue weighted by Crippen LogP contribution is 2.27. The lowest BCUT2D eigenvalue weighted by Crippen LogP contribution is -2.18. The number of aryl methyl sites for hydroxylation is 1. The van der Waals surface area contributed by atoms with Crippen molar-refractivity contribution >= 4 is 28.5 Å². The van der Waals surface area contributed by atoms with Gasteiger partial charge in [-0.05, 0) is 25.1 Å². The van der Waals surface area contributed by atoms with Gasteiger partial charge in [0, 0.05) is 5.56 Å². The van der Waals surface area contributed by atoms with Gasteiger partial charge in [0.25, 0.3) is 11.8 Å². The minimum absolute atomic E-state index is 0.0389. The first kappa shape index (κ1) is 20.2. The maximum atomic E-state index is 13.4. The zero-order valence-corrected chi connectivity index (χ0v) is 17.6. The SMILES string of the molecule is Cc1[nH]nc(C(N)=O)c1NC(=O)c1cc(-c2ccccc2)nc2c1cnn2Cc1ccco1. The summed E-state index contributed by atoms with van der Waals surface area (Å²) in [7, 11) is 0. The summed E-state index contributed by atoms with van der Waals surface area (Å²) in [5, 5.41) is 14.3. The van der Waals surface area contributed by atoms with E-state index in [2.05, 4.69) is 20.6 Å². The number of anilines is 1. The van der Waals surface area contributed by atoms with Crippen molar-refractivity contribution in [2.45, 2.75) is 13.5 Å². The average Bonchev–Trinajstić information content (AvgIpc) is 3.56. The Morgan fingerprint density at radius 2 is 2.00 bits per heavy atom. The van der Waals surface area contributed by atoms with Crippen LogP contribution < -0.4 is 11.1 Å². The van der Waals surface area contributed by atoms with Crippen molar-refractivity contribution in [2.24, 2.45) is 5.73 Å². The molecule has 33 heavy (non-hydrogen) atoms. The minimum atomic E-state index is -0.745. The summed E-state index contributed by atoms with van der Waals surface area (Å²) in [6.07, 6.45) is 3.18. The molecule has 0 bridgehead atoms. The molecule has 0 aliphatic heterocycles. The zero-order valence-electron chi connectivity index (χ0n) is 17.6. The van der Waals surface area contributed by atoms with Gasteiger partial charge in [-0.25, -0.2) is 9.67 Å². The molecule has 0 saturated carbocycles. The van der Waals surface area contributed by atoms with E-state index in [1.165, 1.54) is 0 Å². The van der Waals surface area contributed by atoms with E-state index in [0.717, 1.165) is 5.56 Å². The van der Waals surface area contributed by atoms with Crippen molar-refractivity contribution in [2.75, 3.05) is 5.32 Å². The summed E-state index contributed by atoms with van der Waals surface area (Å²) in [5.41, 5.74) is 8.43. The van der Waals surface area contributed by atoms with Gasteiger partial charge < -0.3 is 15.5 Å². The molecule has 0 saturated heterocycles. The number of hydrogen-bond acceptors (Lipinski definition) is 6. The number of rotatable bonds is 6. The van der Waals surface area contributed by atoms with Crippen LogP contribution in [0.15, 0.2) is 65.4 Å². The zero-order chi connectivity index (χ0) is 22.9. The fraction of sp³-hybridized carbons (Fsp3) is 0.0870. The molecule has 5 rings (SSSR count). The third kappa shape index (κ3) is 3.74. The van der Waals surface area contributed by atoms with Gasteiger partial charge in [0.1, 0.15) is 12.3 Å². The second kappa shape index (κ2) is 8.08. The molecule has 0 spiro atoms. The van der Waals surface area contributed by atoms with Crippen LogP contribution in [0, 0.1) is 6.92 Å². The summed E-state index contributed by atoms with van der Waals surface area (Å²) >= 11 is 0. The highest BCUT2D eigenvalue weighted by Gasteiger charge is 2.22. The van der Waals surface area contributed by atoms with Crippen LogP contribution in [-0.4, -0.2) is 36.8 Å². The summed E-state index contributed by atoms with van der Waals surface area (Å²) < 4.78 is 7.12. The number of nitrogens with two attached hydrogens (primary N) is 1. The van der Waals surface area contributed by atoms with Gasteiger partial charge in [-0.1, -0.05) is 30.3 Å². The molecule has 10 nitrogen and oxygen atoms in total. The van der Waals surface area contributed by atoms with Gasteiger partial charge in [0.2, 0.25) is 0 Å². The summed E-state index contributed by atoms with van der Waals surface area (Å²) in [6.45, 7) is 2.05. The fourth-order valence-electron chi connectivity index (χ4n) is 3.60. The van der Waals surface area contributed by atoms with Crippen molar-refractivity contribution in [3.05, 3.63) is 83.7 Å². The predicted octanol–water partition coefficient (Wildman–Crippen LogP) is 3.12. The number of hydrogen-bond donors (Lipinski definition) is 3. The van der Waals surface area contributed by atoms with Crippen molar-refractivity contribution < 1.29 is 14.0 Å². The van der Waals surface area contributed by atoms with Crippen LogP contribution in [-0.2, 0) is 6.54 Å². The number of benzene rings is 1. The number of nitrogens with zero attached hydrogens (tertiary/aromatic N) is 4. The predicted molar refractivity (Wildman–Crippen MR) is 121 cm³/mol. The van der Waals surface area contributed by atoms with E-state index in [9.17, 15) is 9.59 Å². The number of furan rings is 1. The lowest BCUT2D eigenvalue weighted by atomic mass is 10.1. The van der Waals surface area contributed by atoms with Gasteiger partial charge in [0.15, 0.2) is 11.3 Å². The molecule has 0 aliphatic carbocycles. The normalized spacial score (nSPS) is 11.1. The summed E-state index contributed by atoms with van der Waals surface area (Å²) in [4.78, 5) is 29.9. The number of nitrogens with one attached hydrogen (secondary N) is 2. The molecule has 4 N–H and O–H groups in total. The van der Waals surface area contributed by atoms with Crippen molar-refractivity contribution in [3.63, 3.8) is 0 Å². The Balaban J connectivity index is 1.63. The lowest BCUT2D eigenvalue weighted by molar-refractivity contribution is 0.0996. The quantitative estimate of drug-likeness (QED) is 0.369. The molecule has 10 heteroatoms. The first-order valence-electron chi connectivity index (χ1n) is 10.1. The third-order valence-corrected chi connectivity index (χ3v) is 5.23. The van der Waals surface area contributed by atoms with Crippen molar-refractivity contribution in [1.82, 2.24) is 25.0 Å². The molecular weight excluding hydrogens is 422 g/mol. The molecule has 0 fully saturated rings. The molecule has 164 valence electrons. The fourth-order valence-corrected chi connectivity index (χ4v) is 3.60. The number of H-pyrrole nitrogens is 1. The largest absolute Gasteiger partial charge is 0.467 e. The van der Waals surface area contributed by atoms with Gasteiger partial charge in [-0.15, -0.1) is 0 Å². The number of carbonyl (C=O) groups excluding carboxylic acids is 2. The Labute approximate surface area is 187 Å². The van der Waals surface area contributed by atoms with Crippen LogP contribution >= 0.6 is 0 Å².